The van der Waals surface area contributed by atoms with Crippen LogP contribution >= 0.6 is 11.6 Å². The Morgan fingerprint density at radius 3 is 2.71 bits per heavy atom. The van der Waals surface area contributed by atoms with Gasteiger partial charge in [0, 0.05) is 17.1 Å². The van der Waals surface area contributed by atoms with Crippen LogP contribution in [-0.2, 0) is 6.54 Å². The summed E-state index contributed by atoms with van der Waals surface area (Å²) in [5.41, 5.74) is 0.339. The number of rotatable bonds is 5. The van der Waals surface area contributed by atoms with E-state index in [1.807, 2.05) is 0 Å². The second-order valence-electron chi connectivity index (χ2n) is 4.25. The number of halogens is 2. The van der Waals surface area contributed by atoms with E-state index in [0.29, 0.717) is 17.3 Å². The highest BCUT2D eigenvalue weighted by Gasteiger charge is 2.18. The summed E-state index contributed by atoms with van der Waals surface area (Å²) in [4.78, 5) is 10.3. The summed E-state index contributed by atoms with van der Waals surface area (Å²) in [6, 6.07) is 8.14. The van der Waals surface area contributed by atoms with Gasteiger partial charge < -0.3 is 10.1 Å². The molecule has 110 valence electrons. The highest BCUT2D eigenvalue weighted by Crippen LogP contribution is 2.34. The summed E-state index contributed by atoms with van der Waals surface area (Å²) < 4.78 is 18.7. The maximum Gasteiger partial charge on any atom is 0.314 e. The number of nitro benzene ring substituents is 1. The Balaban J connectivity index is 2.42. The number of ether oxygens (including phenoxy) is 1. The van der Waals surface area contributed by atoms with Gasteiger partial charge in [0.1, 0.15) is 11.6 Å². The quantitative estimate of drug-likeness (QED) is 0.672. The predicted octanol–water partition coefficient (Wildman–Crippen LogP) is 3.90. The Hall–Kier alpha value is -2.18. The molecule has 0 spiro atoms. The van der Waals surface area contributed by atoms with Crippen molar-refractivity contribution in [2.24, 2.45) is 0 Å². The molecule has 0 amide bonds. The van der Waals surface area contributed by atoms with Gasteiger partial charge in [-0.1, -0.05) is 17.7 Å². The maximum atomic E-state index is 13.1. The molecule has 0 aliphatic heterocycles. The first-order valence-corrected chi connectivity index (χ1v) is 6.44. The van der Waals surface area contributed by atoms with Crippen LogP contribution in [0.3, 0.4) is 0 Å². The first-order valence-electron chi connectivity index (χ1n) is 6.06. The molecule has 21 heavy (non-hydrogen) atoms. The molecule has 0 aliphatic carbocycles. The highest BCUT2D eigenvalue weighted by atomic mass is 35.5. The Kier molecular flexibility index (Phi) is 4.72. The third-order valence-corrected chi connectivity index (χ3v) is 2.97. The van der Waals surface area contributed by atoms with E-state index in [1.165, 1.54) is 6.07 Å². The lowest BCUT2D eigenvalue weighted by molar-refractivity contribution is -0.385. The van der Waals surface area contributed by atoms with Gasteiger partial charge in [0.2, 0.25) is 5.75 Å². The standard InChI is InChI=1S/C14H12ClFN2O3/c1-17-8-9-2-3-10(15)6-14(9)21-13-5-4-11(16)7-12(13)18(19)20/h2-7,17H,8H2,1H3. The van der Waals surface area contributed by atoms with Gasteiger partial charge in [0.25, 0.3) is 0 Å². The fourth-order valence-electron chi connectivity index (χ4n) is 1.80. The lowest BCUT2D eigenvalue weighted by atomic mass is 10.2. The molecule has 5 nitrogen and oxygen atoms in total. The van der Waals surface area contributed by atoms with Crippen LogP contribution in [0.1, 0.15) is 5.56 Å². The lowest BCUT2D eigenvalue weighted by Gasteiger charge is -2.11. The molecule has 0 saturated heterocycles. The summed E-state index contributed by atoms with van der Waals surface area (Å²) >= 11 is 5.92. The average Bonchev–Trinajstić information content (AvgIpc) is 2.43. The Morgan fingerprint density at radius 2 is 2.05 bits per heavy atom. The fourth-order valence-corrected chi connectivity index (χ4v) is 1.96. The minimum atomic E-state index is -0.699. The van der Waals surface area contributed by atoms with Gasteiger partial charge in [0.15, 0.2) is 0 Å². The molecular formula is C14H12ClFN2O3. The van der Waals surface area contributed by atoms with Crippen LogP contribution < -0.4 is 10.1 Å². The topological polar surface area (TPSA) is 64.4 Å². The zero-order valence-electron chi connectivity index (χ0n) is 11.1. The minimum Gasteiger partial charge on any atom is -0.450 e. The number of nitro groups is 1. The predicted molar refractivity (Wildman–Crippen MR) is 77.3 cm³/mol. The van der Waals surface area contributed by atoms with Crippen LogP contribution in [0, 0.1) is 15.9 Å². The normalized spacial score (nSPS) is 10.4. The van der Waals surface area contributed by atoms with Gasteiger partial charge in [-0.2, -0.15) is 0 Å². The van der Waals surface area contributed by atoms with Gasteiger partial charge in [-0.3, -0.25) is 10.1 Å². The summed E-state index contributed by atoms with van der Waals surface area (Å²) in [7, 11) is 1.76. The summed E-state index contributed by atoms with van der Waals surface area (Å²) in [5, 5.41) is 14.4. The molecule has 0 aliphatic rings. The minimum absolute atomic E-state index is 0.0407. The average molecular weight is 311 g/mol. The largest absolute Gasteiger partial charge is 0.450 e. The molecule has 0 bridgehead atoms. The highest BCUT2D eigenvalue weighted by molar-refractivity contribution is 6.30. The molecule has 2 aromatic carbocycles. The van der Waals surface area contributed by atoms with Crippen molar-refractivity contribution in [1.82, 2.24) is 5.32 Å². The summed E-state index contributed by atoms with van der Waals surface area (Å²) in [6.07, 6.45) is 0. The van der Waals surface area contributed by atoms with E-state index in [9.17, 15) is 14.5 Å². The fraction of sp³-hybridized carbons (Fsp3) is 0.143. The van der Waals surface area contributed by atoms with E-state index < -0.39 is 16.4 Å². The molecule has 0 aromatic heterocycles. The Bertz CT molecular complexity index is 679. The van der Waals surface area contributed by atoms with Crippen LogP contribution in [0.2, 0.25) is 5.02 Å². The van der Waals surface area contributed by atoms with Gasteiger partial charge in [-0.25, -0.2) is 4.39 Å². The molecule has 7 heteroatoms. The molecule has 2 aromatic rings. The van der Waals surface area contributed by atoms with Crippen molar-refractivity contribution in [3.63, 3.8) is 0 Å². The molecule has 1 N–H and O–H groups in total. The number of nitrogens with zero attached hydrogens (tertiary/aromatic N) is 1. The van der Waals surface area contributed by atoms with E-state index >= 15 is 0 Å². The zero-order chi connectivity index (χ0) is 15.4. The van der Waals surface area contributed by atoms with Crippen LogP contribution in [0.15, 0.2) is 36.4 Å². The van der Waals surface area contributed by atoms with Gasteiger partial charge in [0.05, 0.1) is 11.0 Å². The number of hydrogen-bond acceptors (Lipinski definition) is 4. The third kappa shape index (κ3) is 3.68. The molecule has 0 heterocycles. The zero-order valence-corrected chi connectivity index (χ0v) is 11.9. The third-order valence-electron chi connectivity index (χ3n) is 2.73. The van der Waals surface area contributed by atoms with Gasteiger partial charge in [-0.05, 0) is 31.3 Å². The van der Waals surface area contributed by atoms with Gasteiger partial charge in [-0.15, -0.1) is 0 Å². The van der Waals surface area contributed by atoms with Crippen LogP contribution in [0.5, 0.6) is 11.5 Å². The SMILES string of the molecule is CNCc1ccc(Cl)cc1Oc1ccc(F)cc1[N+](=O)[O-]. The summed E-state index contributed by atoms with van der Waals surface area (Å²) in [6.45, 7) is 0.501. The number of hydrogen-bond donors (Lipinski definition) is 1. The van der Waals surface area contributed by atoms with Crippen molar-refractivity contribution >= 4 is 17.3 Å². The van der Waals surface area contributed by atoms with E-state index in [-0.39, 0.29) is 5.75 Å². The first-order chi connectivity index (χ1) is 10.0. The monoisotopic (exact) mass is 310 g/mol. The number of benzene rings is 2. The van der Waals surface area contributed by atoms with Crippen LogP contribution in [0.4, 0.5) is 10.1 Å². The van der Waals surface area contributed by atoms with Crippen molar-refractivity contribution < 1.29 is 14.1 Å². The Labute approximate surface area is 125 Å². The van der Waals surface area contributed by atoms with Crippen molar-refractivity contribution in [1.29, 1.82) is 0 Å². The molecule has 0 fully saturated rings. The first kappa shape index (κ1) is 15.2. The molecule has 2 rings (SSSR count). The molecular weight excluding hydrogens is 299 g/mol. The van der Waals surface area contributed by atoms with E-state index in [0.717, 1.165) is 17.7 Å². The lowest BCUT2D eigenvalue weighted by Crippen LogP contribution is -2.06. The molecule has 0 unspecified atom stereocenters. The second kappa shape index (κ2) is 6.51. The smallest absolute Gasteiger partial charge is 0.314 e. The van der Waals surface area contributed by atoms with Crippen LogP contribution in [-0.4, -0.2) is 12.0 Å². The number of nitrogens with one attached hydrogen (secondary N) is 1. The van der Waals surface area contributed by atoms with E-state index in [1.54, 1.807) is 25.2 Å². The van der Waals surface area contributed by atoms with Crippen molar-refractivity contribution in [2.75, 3.05) is 7.05 Å². The van der Waals surface area contributed by atoms with Gasteiger partial charge >= 0.3 is 5.69 Å². The molecule has 0 radical (unpaired) electrons. The molecule has 0 atom stereocenters. The maximum absolute atomic E-state index is 13.1. The van der Waals surface area contributed by atoms with Crippen molar-refractivity contribution in [2.45, 2.75) is 6.54 Å². The van der Waals surface area contributed by atoms with Crippen molar-refractivity contribution in [3.8, 4) is 11.5 Å². The Morgan fingerprint density at radius 1 is 1.29 bits per heavy atom. The van der Waals surface area contributed by atoms with E-state index in [4.69, 9.17) is 16.3 Å². The van der Waals surface area contributed by atoms with Crippen molar-refractivity contribution in [3.05, 3.63) is 62.9 Å². The van der Waals surface area contributed by atoms with E-state index in [2.05, 4.69) is 5.32 Å². The molecule has 0 saturated carbocycles. The van der Waals surface area contributed by atoms with Crippen LogP contribution in [0.25, 0.3) is 0 Å². The second-order valence-corrected chi connectivity index (χ2v) is 4.69. The summed E-state index contributed by atoms with van der Waals surface area (Å²) in [5.74, 6) is -0.358.